The van der Waals surface area contributed by atoms with E-state index < -0.39 is 28.7 Å². The van der Waals surface area contributed by atoms with Crippen LogP contribution in [-0.4, -0.2) is 76.7 Å². The minimum absolute atomic E-state index is 0.0223. The summed E-state index contributed by atoms with van der Waals surface area (Å²) < 4.78 is 4.89. The summed E-state index contributed by atoms with van der Waals surface area (Å²) in [4.78, 5) is 49.1. The lowest BCUT2D eigenvalue weighted by molar-refractivity contribution is -0.155. The lowest BCUT2D eigenvalue weighted by Crippen LogP contribution is -2.58. The molecule has 2 aromatic rings. The molecule has 246 valence electrons. The van der Waals surface area contributed by atoms with Gasteiger partial charge in [-0.3, -0.25) is 14.4 Å². The van der Waals surface area contributed by atoms with Crippen LogP contribution in [-0.2, 0) is 19.1 Å². The quantitative estimate of drug-likeness (QED) is 0.153. The zero-order valence-corrected chi connectivity index (χ0v) is 28.0. The van der Waals surface area contributed by atoms with Crippen LogP contribution in [0.2, 0.25) is 0 Å². The molecular weight excluding hydrogens is 598 g/mol. The second kappa shape index (κ2) is 14.5. The van der Waals surface area contributed by atoms with Gasteiger partial charge in [0, 0.05) is 36.3 Å². The summed E-state index contributed by atoms with van der Waals surface area (Å²) in [7, 11) is 0. The highest BCUT2D eigenvalue weighted by Crippen LogP contribution is 2.69. The van der Waals surface area contributed by atoms with Crippen molar-refractivity contribution in [3.05, 3.63) is 85.5 Å². The third-order valence-corrected chi connectivity index (χ3v) is 12.1. The molecule has 3 saturated heterocycles. The van der Waals surface area contributed by atoms with Crippen LogP contribution in [0.5, 0.6) is 0 Å². The fourth-order valence-electron chi connectivity index (χ4n) is 7.90. The Morgan fingerprint density at radius 3 is 2.37 bits per heavy atom. The molecule has 3 aliphatic rings. The molecule has 2 amide bonds. The maximum atomic E-state index is 15.1. The fourth-order valence-corrected chi connectivity index (χ4v) is 10.3. The highest BCUT2D eigenvalue weighted by Gasteiger charge is 2.77. The van der Waals surface area contributed by atoms with Crippen LogP contribution in [0.15, 0.2) is 79.9 Å². The van der Waals surface area contributed by atoms with E-state index in [1.807, 2.05) is 54.6 Å². The molecule has 3 aliphatic heterocycles. The van der Waals surface area contributed by atoms with Gasteiger partial charge in [-0.15, -0.1) is 24.9 Å². The summed E-state index contributed by atoms with van der Waals surface area (Å²) >= 11 is 1.61. The van der Waals surface area contributed by atoms with Crippen LogP contribution >= 0.6 is 11.8 Å². The number of carbonyl (C=O) groups is 3. The number of aliphatic hydroxyl groups is 1. The molecule has 2 bridgehead atoms. The number of aliphatic hydroxyl groups excluding tert-OH is 1. The van der Waals surface area contributed by atoms with Crippen molar-refractivity contribution in [3.63, 3.8) is 0 Å². The molecule has 3 fully saturated rings. The van der Waals surface area contributed by atoms with E-state index in [0.29, 0.717) is 18.5 Å². The number of allylic oxidation sites excluding steroid dienone is 1. The van der Waals surface area contributed by atoms with E-state index in [9.17, 15) is 14.7 Å². The predicted octanol–water partition coefficient (Wildman–Crippen LogP) is 5.63. The molecule has 8 nitrogen and oxygen atoms in total. The highest BCUT2D eigenvalue weighted by atomic mass is 32.2. The molecule has 3 heterocycles. The van der Waals surface area contributed by atoms with Crippen molar-refractivity contribution in [1.82, 2.24) is 4.90 Å². The maximum Gasteiger partial charge on any atom is 0.310 e. The molecular formula is C37H47N3O5S. The maximum absolute atomic E-state index is 15.1. The Bertz CT molecular complexity index is 1410. The summed E-state index contributed by atoms with van der Waals surface area (Å²) in [5.41, 5.74) is 2.51. The molecule has 1 N–H and O–H groups in total. The topological polar surface area (TPSA) is 90.4 Å². The smallest absolute Gasteiger partial charge is 0.310 e. The van der Waals surface area contributed by atoms with E-state index >= 15 is 4.79 Å². The lowest BCUT2D eigenvalue weighted by Gasteiger charge is -2.42. The van der Waals surface area contributed by atoms with Crippen molar-refractivity contribution in [2.45, 2.75) is 62.1 Å². The van der Waals surface area contributed by atoms with Gasteiger partial charge in [0.25, 0.3) is 5.91 Å². The van der Waals surface area contributed by atoms with Gasteiger partial charge in [-0.25, -0.2) is 0 Å². The first kappa shape index (κ1) is 33.8. The van der Waals surface area contributed by atoms with Crippen molar-refractivity contribution in [3.8, 4) is 0 Å². The monoisotopic (exact) mass is 645 g/mol. The van der Waals surface area contributed by atoms with E-state index in [4.69, 9.17) is 4.74 Å². The van der Waals surface area contributed by atoms with E-state index in [-0.39, 0.29) is 48.7 Å². The minimum atomic E-state index is -0.909. The molecule has 2 aromatic carbocycles. The van der Waals surface area contributed by atoms with E-state index in [1.54, 1.807) is 33.7 Å². The molecule has 5 rings (SSSR count). The number of amides is 2. The Labute approximate surface area is 277 Å². The number of ether oxygens (including phenoxy) is 1. The standard InChI is InChI=1S/C37H47N3O5S/c1-6-10-14-22-45-36(44)31-30-23-25(5)37(46-30)32(31)34(42)40(29(24-41)26-15-12-11-13-16-26)33(37)35(43)39(21-7-2)28-19-17-27(18-20-28)38(8-3)9-4/h6-7,11-13,15-20,25,29-33,41H,1-2,8-10,14,21-24H2,3-5H3/t25?,29-,30+,31-,32+,33?,37?/m1/s1. The summed E-state index contributed by atoms with van der Waals surface area (Å²) in [5.74, 6) is -2.30. The minimum Gasteiger partial charge on any atom is -0.465 e. The van der Waals surface area contributed by atoms with Crippen LogP contribution in [0.4, 0.5) is 11.4 Å². The van der Waals surface area contributed by atoms with Gasteiger partial charge in [0.15, 0.2) is 0 Å². The van der Waals surface area contributed by atoms with Gasteiger partial charge < -0.3 is 24.5 Å². The van der Waals surface area contributed by atoms with Crippen molar-refractivity contribution in [2.75, 3.05) is 42.6 Å². The Morgan fingerprint density at radius 2 is 1.76 bits per heavy atom. The average molecular weight is 646 g/mol. The van der Waals surface area contributed by atoms with Gasteiger partial charge >= 0.3 is 5.97 Å². The molecule has 0 aromatic heterocycles. The van der Waals surface area contributed by atoms with Crippen LogP contribution in [0, 0.1) is 17.8 Å². The number of rotatable bonds is 15. The number of benzene rings is 2. The fraction of sp³-hybridized carbons (Fsp3) is 0.486. The Hall–Kier alpha value is -3.56. The van der Waals surface area contributed by atoms with Gasteiger partial charge in [-0.1, -0.05) is 49.4 Å². The number of nitrogens with zero attached hydrogens (tertiary/aromatic N) is 3. The van der Waals surface area contributed by atoms with Crippen LogP contribution in [0.1, 0.15) is 51.6 Å². The van der Waals surface area contributed by atoms with Crippen molar-refractivity contribution < 1.29 is 24.2 Å². The second-order valence-corrected chi connectivity index (χ2v) is 14.0. The molecule has 0 aliphatic carbocycles. The van der Waals surface area contributed by atoms with Gasteiger partial charge in [0.05, 0.1) is 35.8 Å². The van der Waals surface area contributed by atoms with Gasteiger partial charge in [-0.2, -0.15) is 0 Å². The first-order chi connectivity index (χ1) is 22.3. The third-order valence-electron chi connectivity index (χ3n) is 10.0. The molecule has 7 atom stereocenters. The summed E-state index contributed by atoms with van der Waals surface area (Å²) in [6.07, 6.45) is 5.58. The largest absolute Gasteiger partial charge is 0.465 e. The molecule has 0 saturated carbocycles. The van der Waals surface area contributed by atoms with Crippen LogP contribution in [0.25, 0.3) is 0 Å². The normalized spacial score (nSPS) is 26.8. The van der Waals surface area contributed by atoms with Gasteiger partial charge in [-0.05, 0) is 68.9 Å². The van der Waals surface area contributed by atoms with Crippen molar-refractivity contribution >= 4 is 40.9 Å². The average Bonchev–Trinajstić information content (AvgIpc) is 3.67. The van der Waals surface area contributed by atoms with Crippen molar-refractivity contribution in [1.29, 1.82) is 0 Å². The Kier molecular flexibility index (Phi) is 10.6. The highest BCUT2D eigenvalue weighted by molar-refractivity contribution is 8.02. The number of thioether (sulfide) groups is 1. The van der Waals surface area contributed by atoms with E-state index in [0.717, 1.165) is 30.8 Å². The Morgan fingerprint density at radius 1 is 1.09 bits per heavy atom. The van der Waals surface area contributed by atoms with Crippen LogP contribution < -0.4 is 9.80 Å². The summed E-state index contributed by atoms with van der Waals surface area (Å²) in [6, 6.07) is 15.6. The SMILES string of the molecule is C=CCCCOC(=O)[C@@H]1[C@@H]2CC(C)C3(S2)C(C(=O)N(CC=C)c2ccc(N(CC)CC)cc2)N([C@H](CO)c2ccccc2)C(=O)[C@H]13. The van der Waals surface area contributed by atoms with Gasteiger partial charge in [0.1, 0.15) is 6.04 Å². The number of unbranched alkanes of at least 4 members (excludes halogenated alkanes) is 1. The zero-order valence-electron chi connectivity index (χ0n) is 27.2. The molecule has 46 heavy (non-hydrogen) atoms. The van der Waals surface area contributed by atoms with E-state index in [1.165, 1.54) is 0 Å². The van der Waals surface area contributed by atoms with Crippen molar-refractivity contribution in [2.24, 2.45) is 17.8 Å². The number of esters is 1. The number of fused-ring (bicyclic) bond motifs is 1. The molecule has 3 unspecified atom stereocenters. The van der Waals surface area contributed by atoms with E-state index in [2.05, 4.69) is 38.8 Å². The molecule has 1 spiro atoms. The number of likely N-dealkylation sites (tertiary alicyclic amines) is 1. The zero-order chi connectivity index (χ0) is 33.0. The third kappa shape index (κ3) is 5.77. The van der Waals surface area contributed by atoms with Gasteiger partial charge in [0.2, 0.25) is 5.91 Å². The number of hydrogen-bond acceptors (Lipinski definition) is 7. The lowest BCUT2D eigenvalue weighted by atomic mass is 9.66. The number of anilines is 2. The van der Waals surface area contributed by atoms with Crippen LogP contribution in [0.3, 0.4) is 0 Å². The number of carbonyl (C=O) groups excluding carboxylic acids is 3. The first-order valence-electron chi connectivity index (χ1n) is 16.5. The molecule has 0 radical (unpaired) electrons. The summed E-state index contributed by atoms with van der Waals surface area (Å²) in [6.45, 7) is 15.9. The summed E-state index contributed by atoms with van der Waals surface area (Å²) in [5, 5.41) is 10.7. The predicted molar refractivity (Wildman–Crippen MR) is 185 cm³/mol. The molecule has 9 heteroatoms. The first-order valence-corrected chi connectivity index (χ1v) is 17.4. The second-order valence-electron chi connectivity index (χ2n) is 12.4. The number of hydrogen-bond donors (Lipinski definition) is 1. The Balaban J connectivity index is 1.59.